The fourth-order valence-electron chi connectivity index (χ4n) is 3.25. The van der Waals surface area contributed by atoms with Crippen LogP contribution in [0.5, 0.6) is 0 Å². The smallest absolute Gasteiger partial charge is 0.230 e. The molecular formula is C23H21N3OS2. The van der Waals surface area contributed by atoms with Gasteiger partial charge in [-0.1, -0.05) is 43.3 Å². The SMILES string of the molecule is CCc1ccccc1N(C(C)=O)c1nc(CSc2ccnc3ccccc23)cs1. The number of anilines is 2. The van der Waals surface area contributed by atoms with Crippen LogP contribution in [0.25, 0.3) is 10.9 Å². The van der Waals surface area contributed by atoms with Crippen molar-refractivity contribution in [2.45, 2.75) is 30.9 Å². The fourth-order valence-corrected chi connectivity index (χ4v) is 5.17. The third-order valence-corrected chi connectivity index (χ3v) is 6.63. The quantitative estimate of drug-likeness (QED) is 0.348. The summed E-state index contributed by atoms with van der Waals surface area (Å²) in [6.07, 6.45) is 2.71. The molecule has 4 aromatic rings. The molecule has 0 bridgehead atoms. The van der Waals surface area contributed by atoms with E-state index in [2.05, 4.69) is 24.0 Å². The van der Waals surface area contributed by atoms with Crippen molar-refractivity contribution in [2.75, 3.05) is 4.90 Å². The van der Waals surface area contributed by atoms with Gasteiger partial charge < -0.3 is 0 Å². The highest BCUT2D eigenvalue weighted by molar-refractivity contribution is 7.98. The average molecular weight is 420 g/mol. The normalized spacial score (nSPS) is 11.0. The van der Waals surface area contributed by atoms with Gasteiger partial charge in [0.1, 0.15) is 0 Å². The van der Waals surface area contributed by atoms with Gasteiger partial charge in [0.2, 0.25) is 5.91 Å². The molecule has 4 rings (SSSR count). The molecule has 2 aromatic heterocycles. The lowest BCUT2D eigenvalue weighted by atomic mass is 10.1. The van der Waals surface area contributed by atoms with Crippen molar-refractivity contribution < 1.29 is 4.79 Å². The Hall–Kier alpha value is -2.70. The van der Waals surface area contributed by atoms with E-state index >= 15 is 0 Å². The first-order valence-corrected chi connectivity index (χ1v) is 11.3. The molecule has 0 saturated heterocycles. The second-order valence-electron chi connectivity index (χ2n) is 6.57. The van der Waals surface area contributed by atoms with E-state index in [1.165, 1.54) is 16.2 Å². The number of aromatic nitrogens is 2. The van der Waals surface area contributed by atoms with Crippen LogP contribution in [-0.2, 0) is 17.0 Å². The van der Waals surface area contributed by atoms with Crippen LogP contribution in [0, 0.1) is 0 Å². The van der Waals surface area contributed by atoms with Gasteiger partial charge in [0.15, 0.2) is 5.13 Å². The van der Waals surface area contributed by atoms with Gasteiger partial charge in [-0.3, -0.25) is 14.7 Å². The molecule has 0 atom stereocenters. The van der Waals surface area contributed by atoms with Gasteiger partial charge in [-0.05, 0) is 30.2 Å². The molecule has 0 fully saturated rings. The van der Waals surface area contributed by atoms with Crippen molar-refractivity contribution in [3.63, 3.8) is 0 Å². The summed E-state index contributed by atoms with van der Waals surface area (Å²) >= 11 is 3.25. The van der Waals surface area contributed by atoms with Gasteiger partial charge in [0.25, 0.3) is 0 Å². The van der Waals surface area contributed by atoms with E-state index in [9.17, 15) is 4.79 Å². The molecule has 0 aliphatic carbocycles. The number of pyridine rings is 1. The average Bonchev–Trinajstić information content (AvgIpc) is 3.21. The second kappa shape index (κ2) is 8.76. The van der Waals surface area contributed by atoms with E-state index in [0.717, 1.165) is 40.0 Å². The van der Waals surface area contributed by atoms with Crippen LogP contribution >= 0.6 is 23.1 Å². The van der Waals surface area contributed by atoms with Crippen LogP contribution in [0.3, 0.4) is 0 Å². The van der Waals surface area contributed by atoms with Crippen molar-refractivity contribution in [3.05, 3.63) is 77.4 Å². The number of benzene rings is 2. The van der Waals surface area contributed by atoms with E-state index < -0.39 is 0 Å². The van der Waals surface area contributed by atoms with Gasteiger partial charge in [0.05, 0.1) is 16.9 Å². The monoisotopic (exact) mass is 419 g/mol. The number of hydrogen-bond acceptors (Lipinski definition) is 5. The topological polar surface area (TPSA) is 46.1 Å². The number of hydrogen-bond donors (Lipinski definition) is 0. The number of thiazole rings is 1. The van der Waals surface area contributed by atoms with Gasteiger partial charge in [0, 0.05) is 34.5 Å². The Morgan fingerprint density at radius 1 is 1.10 bits per heavy atom. The Bertz CT molecular complexity index is 1150. The highest BCUT2D eigenvalue weighted by Crippen LogP contribution is 2.34. The minimum absolute atomic E-state index is 0.0282. The lowest BCUT2D eigenvalue weighted by Gasteiger charge is -2.20. The molecule has 4 nitrogen and oxygen atoms in total. The first kappa shape index (κ1) is 19.6. The Balaban J connectivity index is 1.57. The molecule has 1 amide bonds. The largest absolute Gasteiger partial charge is 0.274 e. The third kappa shape index (κ3) is 4.18. The van der Waals surface area contributed by atoms with Crippen LogP contribution in [0.1, 0.15) is 25.1 Å². The molecule has 0 N–H and O–H groups in total. The molecule has 0 unspecified atom stereocenters. The highest BCUT2D eigenvalue weighted by Gasteiger charge is 2.20. The van der Waals surface area contributed by atoms with E-state index in [4.69, 9.17) is 4.98 Å². The molecule has 146 valence electrons. The van der Waals surface area contributed by atoms with E-state index in [1.54, 1.807) is 23.6 Å². The van der Waals surface area contributed by atoms with E-state index in [1.807, 2.05) is 54.0 Å². The molecule has 2 aromatic carbocycles. The first-order chi connectivity index (χ1) is 14.2. The number of carbonyl (C=O) groups is 1. The van der Waals surface area contributed by atoms with Gasteiger partial charge in [-0.2, -0.15) is 0 Å². The van der Waals surface area contributed by atoms with Gasteiger partial charge >= 0.3 is 0 Å². The van der Waals surface area contributed by atoms with Crippen molar-refractivity contribution in [2.24, 2.45) is 0 Å². The van der Waals surface area contributed by atoms with Gasteiger partial charge in [-0.15, -0.1) is 23.1 Å². The van der Waals surface area contributed by atoms with Crippen molar-refractivity contribution in [1.29, 1.82) is 0 Å². The Kier molecular flexibility index (Phi) is 5.92. The predicted molar refractivity (Wildman–Crippen MR) is 122 cm³/mol. The number of rotatable bonds is 6. The molecule has 0 saturated carbocycles. The van der Waals surface area contributed by atoms with E-state index in [-0.39, 0.29) is 5.91 Å². The molecule has 0 aliphatic rings. The maximum atomic E-state index is 12.4. The minimum Gasteiger partial charge on any atom is -0.274 e. The third-order valence-electron chi connectivity index (χ3n) is 4.64. The number of thioether (sulfide) groups is 1. The Morgan fingerprint density at radius 2 is 1.90 bits per heavy atom. The summed E-state index contributed by atoms with van der Waals surface area (Å²) in [7, 11) is 0. The lowest BCUT2D eigenvalue weighted by molar-refractivity contribution is -0.115. The van der Waals surface area contributed by atoms with Crippen LogP contribution in [0.4, 0.5) is 10.8 Å². The summed E-state index contributed by atoms with van der Waals surface area (Å²) in [5, 5.41) is 3.90. The van der Waals surface area contributed by atoms with Crippen LogP contribution < -0.4 is 4.90 Å². The number of nitrogens with zero attached hydrogens (tertiary/aromatic N) is 3. The van der Waals surface area contributed by atoms with Crippen molar-refractivity contribution in [1.82, 2.24) is 9.97 Å². The number of carbonyl (C=O) groups excluding carboxylic acids is 1. The molecule has 29 heavy (non-hydrogen) atoms. The number of fused-ring (bicyclic) bond motifs is 1. The second-order valence-corrected chi connectivity index (χ2v) is 8.43. The Morgan fingerprint density at radius 3 is 2.72 bits per heavy atom. The van der Waals surface area contributed by atoms with E-state index in [0.29, 0.717) is 5.13 Å². The summed E-state index contributed by atoms with van der Waals surface area (Å²) in [4.78, 5) is 24.5. The fraction of sp³-hybridized carbons (Fsp3) is 0.174. The molecule has 0 aliphatic heterocycles. The molecule has 6 heteroatoms. The molecule has 2 heterocycles. The summed E-state index contributed by atoms with van der Waals surface area (Å²) in [6, 6.07) is 18.2. The zero-order chi connectivity index (χ0) is 20.2. The van der Waals surface area contributed by atoms with Crippen LogP contribution in [-0.4, -0.2) is 15.9 Å². The first-order valence-electron chi connectivity index (χ1n) is 9.47. The van der Waals surface area contributed by atoms with Gasteiger partial charge in [-0.25, -0.2) is 4.98 Å². The lowest BCUT2D eigenvalue weighted by Crippen LogP contribution is -2.23. The van der Waals surface area contributed by atoms with Crippen LogP contribution in [0.15, 0.2) is 71.1 Å². The molecule has 0 spiro atoms. The summed E-state index contributed by atoms with van der Waals surface area (Å²) in [5.41, 5.74) is 4.01. The zero-order valence-corrected chi connectivity index (χ0v) is 18.0. The van der Waals surface area contributed by atoms with Crippen molar-refractivity contribution >= 4 is 50.7 Å². The molecular weight excluding hydrogens is 398 g/mol. The van der Waals surface area contributed by atoms with Crippen LogP contribution in [0.2, 0.25) is 0 Å². The number of amides is 1. The molecule has 0 radical (unpaired) electrons. The zero-order valence-electron chi connectivity index (χ0n) is 16.3. The summed E-state index contributed by atoms with van der Waals surface area (Å²) < 4.78 is 0. The number of para-hydroxylation sites is 2. The summed E-state index contributed by atoms with van der Waals surface area (Å²) in [6.45, 7) is 3.69. The standard InChI is InChI=1S/C23H21N3OS2/c1-3-17-8-4-7-11-21(17)26(16(2)27)23-25-18(15-29-23)14-28-22-12-13-24-20-10-6-5-9-19(20)22/h4-13,15H,3,14H2,1-2H3. The maximum absolute atomic E-state index is 12.4. The predicted octanol–water partition coefficient (Wildman–Crippen LogP) is 6.23. The van der Waals surface area contributed by atoms with Crippen molar-refractivity contribution in [3.8, 4) is 0 Å². The minimum atomic E-state index is -0.0282. The number of aryl methyl sites for hydroxylation is 1. The summed E-state index contributed by atoms with van der Waals surface area (Å²) in [5.74, 6) is 0.714. The maximum Gasteiger partial charge on any atom is 0.230 e. The Labute approximate surface area is 178 Å². The highest BCUT2D eigenvalue weighted by atomic mass is 32.2.